The predicted molar refractivity (Wildman–Crippen MR) is 50.3 cm³/mol. The second-order valence-electron chi connectivity index (χ2n) is 2.23. The SMILES string of the molecule is NNC(=S)NCCc1ccco1. The van der Waals surface area contributed by atoms with E-state index in [1.54, 1.807) is 6.26 Å². The highest BCUT2D eigenvalue weighted by Crippen LogP contribution is 1.98. The third-order valence-corrected chi connectivity index (χ3v) is 1.63. The van der Waals surface area contributed by atoms with Gasteiger partial charge in [0.2, 0.25) is 0 Å². The van der Waals surface area contributed by atoms with Crippen LogP contribution in [0.5, 0.6) is 0 Å². The normalized spacial score (nSPS) is 9.42. The zero-order valence-corrected chi connectivity index (χ0v) is 7.36. The van der Waals surface area contributed by atoms with Crippen molar-refractivity contribution in [1.29, 1.82) is 0 Å². The van der Waals surface area contributed by atoms with E-state index in [0.29, 0.717) is 5.11 Å². The summed E-state index contributed by atoms with van der Waals surface area (Å²) in [4.78, 5) is 0. The van der Waals surface area contributed by atoms with Gasteiger partial charge >= 0.3 is 0 Å². The first-order chi connectivity index (χ1) is 5.83. The molecule has 0 bridgehead atoms. The highest BCUT2D eigenvalue weighted by Gasteiger charge is 1.95. The zero-order valence-electron chi connectivity index (χ0n) is 6.54. The van der Waals surface area contributed by atoms with E-state index in [1.165, 1.54) is 0 Å². The van der Waals surface area contributed by atoms with Crippen molar-refractivity contribution in [2.75, 3.05) is 6.54 Å². The van der Waals surface area contributed by atoms with Gasteiger partial charge in [-0.25, -0.2) is 5.84 Å². The van der Waals surface area contributed by atoms with E-state index < -0.39 is 0 Å². The molecule has 1 heterocycles. The average molecular weight is 185 g/mol. The second kappa shape index (κ2) is 4.74. The van der Waals surface area contributed by atoms with Crippen LogP contribution in [0.3, 0.4) is 0 Å². The van der Waals surface area contributed by atoms with E-state index in [1.807, 2.05) is 12.1 Å². The Balaban J connectivity index is 2.15. The van der Waals surface area contributed by atoms with Gasteiger partial charge in [0, 0.05) is 13.0 Å². The molecule has 4 N–H and O–H groups in total. The molecule has 0 atom stereocenters. The first kappa shape index (κ1) is 9.02. The Bertz CT molecular complexity index is 235. The predicted octanol–water partition coefficient (Wildman–Crippen LogP) is 0.160. The lowest BCUT2D eigenvalue weighted by molar-refractivity contribution is 0.507. The first-order valence-corrected chi connectivity index (χ1v) is 4.00. The number of hydrogen-bond acceptors (Lipinski definition) is 3. The molecule has 0 amide bonds. The quantitative estimate of drug-likeness (QED) is 0.356. The third-order valence-electron chi connectivity index (χ3n) is 1.37. The molecule has 0 aliphatic rings. The second-order valence-corrected chi connectivity index (χ2v) is 2.64. The number of nitrogens with two attached hydrogens (primary N) is 1. The van der Waals surface area contributed by atoms with Gasteiger partial charge in [0.05, 0.1) is 6.26 Å². The molecule has 1 aromatic rings. The van der Waals surface area contributed by atoms with E-state index in [-0.39, 0.29) is 0 Å². The molecule has 0 saturated heterocycles. The van der Waals surface area contributed by atoms with Crippen LogP contribution in [0.4, 0.5) is 0 Å². The average Bonchev–Trinajstić information content (AvgIpc) is 2.57. The van der Waals surface area contributed by atoms with Gasteiger partial charge in [-0.05, 0) is 24.4 Å². The Hall–Kier alpha value is -1.07. The fraction of sp³-hybridized carbons (Fsp3) is 0.286. The Kier molecular flexibility index (Phi) is 3.56. The minimum Gasteiger partial charge on any atom is -0.469 e. The number of hydrogen-bond donors (Lipinski definition) is 3. The Morgan fingerprint density at radius 1 is 1.67 bits per heavy atom. The fourth-order valence-corrected chi connectivity index (χ4v) is 0.907. The fourth-order valence-electron chi connectivity index (χ4n) is 0.805. The maximum atomic E-state index is 5.11. The lowest BCUT2D eigenvalue weighted by Crippen LogP contribution is -2.40. The smallest absolute Gasteiger partial charge is 0.180 e. The summed E-state index contributed by atoms with van der Waals surface area (Å²) in [6, 6.07) is 3.77. The molecule has 0 saturated carbocycles. The highest BCUT2D eigenvalue weighted by atomic mass is 32.1. The van der Waals surface area contributed by atoms with Crippen molar-refractivity contribution in [2.24, 2.45) is 5.84 Å². The molecular formula is C7H11N3OS. The van der Waals surface area contributed by atoms with Crippen molar-refractivity contribution in [3.05, 3.63) is 24.2 Å². The number of hydrazine groups is 1. The van der Waals surface area contributed by atoms with Gasteiger partial charge in [-0.2, -0.15) is 0 Å². The number of furan rings is 1. The third kappa shape index (κ3) is 2.89. The summed E-state index contributed by atoms with van der Waals surface area (Å²) in [7, 11) is 0. The standard InChI is InChI=1S/C7H11N3OS/c8-10-7(12)9-4-3-6-2-1-5-11-6/h1-2,5H,3-4,8H2,(H2,9,10,12). The van der Waals surface area contributed by atoms with Crippen LogP contribution in [0.25, 0.3) is 0 Å². The molecule has 1 rings (SSSR count). The maximum Gasteiger partial charge on any atom is 0.180 e. The van der Waals surface area contributed by atoms with Gasteiger partial charge in [0.25, 0.3) is 0 Å². The Morgan fingerprint density at radius 3 is 3.08 bits per heavy atom. The van der Waals surface area contributed by atoms with E-state index in [2.05, 4.69) is 10.7 Å². The van der Waals surface area contributed by atoms with Gasteiger partial charge in [-0.1, -0.05) is 0 Å². The summed E-state index contributed by atoms with van der Waals surface area (Å²) in [6.07, 6.45) is 2.45. The van der Waals surface area contributed by atoms with Gasteiger partial charge in [0.15, 0.2) is 5.11 Å². The minimum absolute atomic E-state index is 0.446. The lowest BCUT2D eigenvalue weighted by Gasteiger charge is -2.04. The number of nitrogens with one attached hydrogen (secondary N) is 2. The topological polar surface area (TPSA) is 63.2 Å². The Labute approximate surface area is 76.1 Å². The minimum atomic E-state index is 0.446. The molecule has 0 aromatic carbocycles. The van der Waals surface area contributed by atoms with Crippen LogP contribution >= 0.6 is 12.2 Å². The van der Waals surface area contributed by atoms with Gasteiger partial charge in [-0.15, -0.1) is 0 Å². The van der Waals surface area contributed by atoms with E-state index in [9.17, 15) is 0 Å². The molecule has 5 heteroatoms. The van der Waals surface area contributed by atoms with Crippen LogP contribution in [-0.4, -0.2) is 11.7 Å². The van der Waals surface area contributed by atoms with E-state index in [0.717, 1.165) is 18.7 Å². The van der Waals surface area contributed by atoms with Crippen LogP contribution in [0.1, 0.15) is 5.76 Å². The Morgan fingerprint density at radius 2 is 2.50 bits per heavy atom. The summed E-state index contributed by atoms with van der Waals surface area (Å²) in [5, 5.41) is 3.35. The molecule has 0 aliphatic carbocycles. The van der Waals surface area contributed by atoms with Crippen LogP contribution in [0, 0.1) is 0 Å². The summed E-state index contributed by atoms with van der Waals surface area (Å²) in [5.41, 5.74) is 2.33. The van der Waals surface area contributed by atoms with Crippen molar-refractivity contribution in [3.8, 4) is 0 Å². The summed E-state index contributed by atoms with van der Waals surface area (Å²) in [6.45, 7) is 0.719. The van der Waals surface area contributed by atoms with Crippen LogP contribution in [-0.2, 0) is 6.42 Å². The molecule has 0 aliphatic heterocycles. The van der Waals surface area contributed by atoms with Crippen molar-refractivity contribution < 1.29 is 4.42 Å². The summed E-state index contributed by atoms with van der Waals surface area (Å²) >= 11 is 4.77. The molecule has 4 nitrogen and oxygen atoms in total. The maximum absolute atomic E-state index is 5.11. The largest absolute Gasteiger partial charge is 0.469 e. The molecule has 0 radical (unpaired) electrons. The number of rotatable bonds is 3. The van der Waals surface area contributed by atoms with Gasteiger partial charge in [-0.3, -0.25) is 0 Å². The molecule has 12 heavy (non-hydrogen) atoms. The first-order valence-electron chi connectivity index (χ1n) is 3.60. The van der Waals surface area contributed by atoms with Crippen molar-refractivity contribution in [3.63, 3.8) is 0 Å². The molecule has 1 aromatic heterocycles. The van der Waals surface area contributed by atoms with E-state index >= 15 is 0 Å². The van der Waals surface area contributed by atoms with Crippen LogP contribution in [0.2, 0.25) is 0 Å². The molecule has 66 valence electrons. The molecular weight excluding hydrogens is 174 g/mol. The van der Waals surface area contributed by atoms with Gasteiger partial charge < -0.3 is 15.2 Å². The van der Waals surface area contributed by atoms with Crippen LogP contribution in [0.15, 0.2) is 22.8 Å². The van der Waals surface area contributed by atoms with Crippen molar-refractivity contribution >= 4 is 17.3 Å². The molecule has 0 fully saturated rings. The summed E-state index contributed by atoms with van der Waals surface area (Å²) < 4.78 is 5.11. The highest BCUT2D eigenvalue weighted by molar-refractivity contribution is 7.80. The monoisotopic (exact) mass is 185 g/mol. The van der Waals surface area contributed by atoms with Crippen LogP contribution < -0.4 is 16.6 Å². The van der Waals surface area contributed by atoms with E-state index in [4.69, 9.17) is 22.5 Å². The lowest BCUT2D eigenvalue weighted by atomic mass is 10.3. The summed E-state index contributed by atoms with van der Waals surface area (Å²) in [5.74, 6) is 5.99. The van der Waals surface area contributed by atoms with Gasteiger partial charge in [0.1, 0.15) is 5.76 Å². The molecule has 0 unspecified atom stereocenters. The van der Waals surface area contributed by atoms with Crippen molar-refractivity contribution in [2.45, 2.75) is 6.42 Å². The van der Waals surface area contributed by atoms with Crippen molar-refractivity contribution in [1.82, 2.24) is 10.7 Å². The molecule has 0 spiro atoms. The zero-order chi connectivity index (χ0) is 8.81. The number of thiocarbonyl (C=S) groups is 1.